The van der Waals surface area contributed by atoms with E-state index in [1.54, 1.807) is 13.0 Å². The summed E-state index contributed by atoms with van der Waals surface area (Å²) in [6, 6.07) is 9.90. The zero-order chi connectivity index (χ0) is 18.8. The molecule has 8 heteroatoms. The van der Waals surface area contributed by atoms with Gasteiger partial charge in [-0.2, -0.15) is 0 Å². The second-order valence-corrected chi connectivity index (χ2v) is 6.08. The van der Waals surface area contributed by atoms with Gasteiger partial charge >= 0.3 is 0 Å². The van der Waals surface area contributed by atoms with Crippen LogP contribution in [0.4, 0.5) is 21.5 Å². The quantitative estimate of drug-likeness (QED) is 0.672. The van der Waals surface area contributed by atoms with Crippen LogP contribution in [-0.2, 0) is 9.59 Å². The lowest BCUT2D eigenvalue weighted by Gasteiger charge is -2.17. The summed E-state index contributed by atoms with van der Waals surface area (Å²) in [5.41, 5.74) is 1.14. The Kier molecular flexibility index (Phi) is 4.66. The summed E-state index contributed by atoms with van der Waals surface area (Å²) in [7, 11) is 0. The van der Waals surface area contributed by atoms with E-state index in [1.807, 2.05) is 0 Å². The van der Waals surface area contributed by atoms with Crippen molar-refractivity contribution in [2.45, 2.75) is 13.3 Å². The van der Waals surface area contributed by atoms with Crippen LogP contribution in [0, 0.1) is 28.8 Å². The average molecular weight is 357 g/mol. The fourth-order valence-corrected chi connectivity index (χ4v) is 2.95. The lowest BCUT2D eigenvalue weighted by molar-refractivity contribution is -0.385. The highest BCUT2D eigenvalue weighted by atomic mass is 19.1. The molecule has 1 aliphatic rings. The number of nitrogens with zero attached hydrogens (tertiary/aromatic N) is 2. The molecule has 1 atom stereocenters. The van der Waals surface area contributed by atoms with Crippen LogP contribution in [0.25, 0.3) is 0 Å². The number of carbonyl (C=O) groups is 2. The molecule has 1 saturated heterocycles. The molecular weight excluding hydrogens is 341 g/mol. The van der Waals surface area contributed by atoms with Crippen molar-refractivity contribution < 1.29 is 18.9 Å². The van der Waals surface area contributed by atoms with Gasteiger partial charge in [-0.1, -0.05) is 6.07 Å². The first-order chi connectivity index (χ1) is 12.4. The fraction of sp³-hybridized carbons (Fsp3) is 0.222. The number of benzene rings is 2. The Balaban J connectivity index is 1.74. The third-order valence-corrected chi connectivity index (χ3v) is 4.39. The topological polar surface area (TPSA) is 92.6 Å². The van der Waals surface area contributed by atoms with Gasteiger partial charge in [-0.05, 0) is 37.3 Å². The Hall–Kier alpha value is -3.29. The van der Waals surface area contributed by atoms with E-state index in [4.69, 9.17) is 0 Å². The number of nitro benzene ring substituents is 1. The zero-order valence-corrected chi connectivity index (χ0v) is 13.9. The summed E-state index contributed by atoms with van der Waals surface area (Å²) in [6.45, 7) is 1.72. The van der Waals surface area contributed by atoms with E-state index in [1.165, 1.54) is 41.3 Å². The van der Waals surface area contributed by atoms with Gasteiger partial charge in [-0.3, -0.25) is 19.7 Å². The number of nitro groups is 1. The monoisotopic (exact) mass is 357 g/mol. The van der Waals surface area contributed by atoms with Gasteiger partial charge in [-0.25, -0.2) is 4.39 Å². The summed E-state index contributed by atoms with van der Waals surface area (Å²) in [5, 5.41) is 13.7. The molecule has 134 valence electrons. The average Bonchev–Trinajstić information content (AvgIpc) is 2.99. The van der Waals surface area contributed by atoms with Crippen molar-refractivity contribution in [3.63, 3.8) is 0 Å². The molecule has 0 saturated carbocycles. The Bertz CT molecular complexity index is 883. The van der Waals surface area contributed by atoms with E-state index in [2.05, 4.69) is 5.32 Å². The zero-order valence-electron chi connectivity index (χ0n) is 13.9. The standard InChI is InChI=1S/C18H16FN3O4/c1-11-15(3-2-4-16(11)22(25)26)20-18(24)12-9-17(23)21(10-12)14-7-5-13(19)6-8-14/h2-8,12H,9-10H2,1H3,(H,20,24). The van der Waals surface area contributed by atoms with Crippen LogP contribution < -0.4 is 10.2 Å². The molecule has 3 rings (SSSR count). The van der Waals surface area contributed by atoms with Crippen molar-refractivity contribution >= 4 is 28.9 Å². The van der Waals surface area contributed by atoms with Crippen LogP contribution in [0.1, 0.15) is 12.0 Å². The minimum absolute atomic E-state index is 0.0250. The van der Waals surface area contributed by atoms with Crippen LogP contribution in [0.5, 0.6) is 0 Å². The second-order valence-electron chi connectivity index (χ2n) is 6.08. The summed E-state index contributed by atoms with van der Waals surface area (Å²) in [6.07, 6.45) is 0.0250. The van der Waals surface area contributed by atoms with Crippen molar-refractivity contribution in [1.82, 2.24) is 0 Å². The van der Waals surface area contributed by atoms with Crippen molar-refractivity contribution in [3.05, 3.63) is 64.0 Å². The Morgan fingerprint density at radius 3 is 2.62 bits per heavy atom. The first-order valence-electron chi connectivity index (χ1n) is 7.97. The van der Waals surface area contributed by atoms with E-state index in [0.717, 1.165) is 0 Å². The molecule has 0 bridgehead atoms. The highest BCUT2D eigenvalue weighted by Crippen LogP contribution is 2.28. The molecule has 0 aliphatic carbocycles. The number of nitrogens with one attached hydrogen (secondary N) is 1. The Labute approximate surface area is 148 Å². The number of amides is 2. The lowest BCUT2D eigenvalue weighted by atomic mass is 10.1. The minimum Gasteiger partial charge on any atom is -0.325 e. The molecule has 7 nitrogen and oxygen atoms in total. The fourth-order valence-electron chi connectivity index (χ4n) is 2.95. The molecule has 0 radical (unpaired) electrons. The molecule has 1 aliphatic heterocycles. The molecule has 2 aromatic rings. The maximum atomic E-state index is 13.0. The summed E-state index contributed by atoms with van der Waals surface area (Å²) >= 11 is 0. The molecule has 1 unspecified atom stereocenters. The highest BCUT2D eigenvalue weighted by Gasteiger charge is 2.35. The van der Waals surface area contributed by atoms with Gasteiger partial charge in [0.1, 0.15) is 5.82 Å². The minimum atomic E-state index is -0.591. The normalized spacial score (nSPS) is 16.6. The van der Waals surface area contributed by atoms with Gasteiger partial charge in [0.25, 0.3) is 5.69 Å². The van der Waals surface area contributed by atoms with Crippen molar-refractivity contribution in [3.8, 4) is 0 Å². The maximum Gasteiger partial charge on any atom is 0.274 e. The van der Waals surface area contributed by atoms with E-state index >= 15 is 0 Å². The van der Waals surface area contributed by atoms with E-state index < -0.39 is 16.7 Å². The van der Waals surface area contributed by atoms with Crippen LogP contribution in [0.3, 0.4) is 0 Å². The largest absolute Gasteiger partial charge is 0.325 e. The third kappa shape index (κ3) is 3.39. The smallest absolute Gasteiger partial charge is 0.274 e. The number of halogens is 1. The second kappa shape index (κ2) is 6.91. The van der Waals surface area contributed by atoms with Crippen LogP contribution in [-0.4, -0.2) is 23.3 Å². The SMILES string of the molecule is Cc1c(NC(=O)C2CC(=O)N(c3ccc(F)cc3)C2)cccc1[N+](=O)[O-]. The number of carbonyl (C=O) groups excluding carboxylic acids is 2. The first kappa shape index (κ1) is 17.5. The Morgan fingerprint density at radius 1 is 1.27 bits per heavy atom. The third-order valence-electron chi connectivity index (χ3n) is 4.39. The van der Waals surface area contributed by atoms with Gasteiger partial charge in [-0.15, -0.1) is 0 Å². The summed E-state index contributed by atoms with van der Waals surface area (Å²) < 4.78 is 13.0. The molecule has 2 amide bonds. The van der Waals surface area contributed by atoms with Gasteiger partial charge in [0.15, 0.2) is 0 Å². The van der Waals surface area contributed by atoms with Crippen LogP contribution in [0.2, 0.25) is 0 Å². The maximum absolute atomic E-state index is 13.0. The summed E-state index contributed by atoms with van der Waals surface area (Å²) in [4.78, 5) is 36.6. The molecule has 26 heavy (non-hydrogen) atoms. The first-order valence-corrected chi connectivity index (χ1v) is 7.97. The summed E-state index contributed by atoms with van der Waals surface area (Å²) in [5.74, 6) is -1.61. The number of hydrogen-bond donors (Lipinski definition) is 1. The number of anilines is 2. The van der Waals surface area contributed by atoms with Crippen molar-refractivity contribution in [2.75, 3.05) is 16.8 Å². The molecule has 1 heterocycles. The Morgan fingerprint density at radius 2 is 1.96 bits per heavy atom. The van der Waals surface area contributed by atoms with Gasteiger partial charge in [0.2, 0.25) is 11.8 Å². The van der Waals surface area contributed by atoms with Crippen LogP contribution >= 0.6 is 0 Å². The molecule has 0 spiro atoms. The van der Waals surface area contributed by atoms with Gasteiger partial charge < -0.3 is 10.2 Å². The number of rotatable bonds is 4. The highest BCUT2D eigenvalue weighted by molar-refractivity contribution is 6.03. The predicted octanol–water partition coefficient (Wildman–Crippen LogP) is 3.03. The van der Waals surface area contributed by atoms with Crippen molar-refractivity contribution in [1.29, 1.82) is 0 Å². The molecular formula is C18H16FN3O4. The molecule has 2 aromatic carbocycles. The number of hydrogen-bond acceptors (Lipinski definition) is 4. The molecule has 1 N–H and O–H groups in total. The van der Waals surface area contributed by atoms with E-state index in [0.29, 0.717) is 16.9 Å². The van der Waals surface area contributed by atoms with Gasteiger partial charge in [0, 0.05) is 24.7 Å². The van der Waals surface area contributed by atoms with Crippen molar-refractivity contribution in [2.24, 2.45) is 5.92 Å². The molecule has 1 fully saturated rings. The lowest BCUT2D eigenvalue weighted by Crippen LogP contribution is -2.28. The van der Waals surface area contributed by atoms with Gasteiger partial charge in [0.05, 0.1) is 22.1 Å². The molecule has 0 aromatic heterocycles. The predicted molar refractivity (Wildman–Crippen MR) is 93.3 cm³/mol. The van der Waals surface area contributed by atoms with Crippen LogP contribution in [0.15, 0.2) is 42.5 Å². The van der Waals surface area contributed by atoms with E-state index in [-0.39, 0.29) is 30.5 Å². The van der Waals surface area contributed by atoms with E-state index in [9.17, 15) is 24.1 Å².